The summed E-state index contributed by atoms with van der Waals surface area (Å²) >= 11 is 12.4. The molecule has 0 saturated carbocycles. The van der Waals surface area contributed by atoms with Gasteiger partial charge in [-0.2, -0.15) is 0 Å². The largest absolute Gasteiger partial charge is 0.379 e. The van der Waals surface area contributed by atoms with E-state index in [-0.39, 0.29) is 17.9 Å². The third-order valence-corrected chi connectivity index (χ3v) is 8.74. The number of hydrogen-bond acceptors (Lipinski definition) is 5. The van der Waals surface area contributed by atoms with E-state index in [1.165, 1.54) is 17.9 Å². The molecule has 2 atom stereocenters. The van der Waals surface area contributed by atoms with Crippen molar-refractivity contribution >= 4 is 45.9 Å². The molecular formula is C27H24Cl2N2O5S. The van der Waals surface area contributed by atoms with Crippen LogP contribution in [0.25, 0.3) is 0 Å². The Labute approximate surface area is 227 Å². The van der Waals surface area contributed by atoms with Crippen molar-refractivity contribution in [3.05, 3.63) is 98.5 Å². The molecule has 1 fully saturated rings. The number of hydrogen-bond donors (Lipinski definition) is 1. The number of amides is 1. The molecule has 2 aliphatic heterocycles. The van der Waals surface area contributed by atoms with Crippen molar-refractivity contribution < 1.29 is 23.6 Å². The fourth-order valence-corrected chi connectivity index (χ4v) is 6.41. The predicted octanol–water partition coefficient (Wildman–Crippen LogP) is 4.40. The van der Waals surface area contributed by atoms with Crippen LogP contribution < -0.4 is 0 Å². The van der Waals surface area contributed by atoms with Crippen LogP contribution in [-0.2, 0) is 28.0 Å². The molecule has 0 aliphatic carbocycles. The van der Waals surface area contributed by atoms with E-state index in [9.17, 15) is 18.9 Å². The lowest BCUT2D eigenvalue weighted by atomic mass is 9.92. The highest BCUT2D eigenvalue weighted by molar-refractivity contribution is 7.82. The maximum absolute atomic E-state index is 13.8. The van der Waals surface area contributed by atoms with Gasteiger partial charge in [-0.05, 0) is 42.8 Å². The summed E-state index contributed by atoms with van der Waals surface area (Å²) in [6.07, 6.45) is 0. The van der Waals surface area contributed by atoms with Crippen LogP contribution in [0.2, 0.25) is 10.0 Å². The van der Waals surface area contributed by atoms with E-state index in [4.69, 9.17) is 27.9 Å². The standard InChI is InChI=1S/C27H24Cl2N2O5S/c1-17(32)18-3-9-24-23(14-18)26(33)31(27(24,34)20-4-7-21(28)8-5-20)16-19-2-6-22(29)15-25(19)37(35)30-10-12-36-13-11-30/h2-9,14-15,34H,10-13,16H2,1H3. The minimum Gasteiger partial charge on any atom is -0.379 e. The molecule has 10 heteroatoms. The maximum Gasteiger partial charge on any atom is 0.257 e. The van der Waals surface area contributed by atoms with E-state index in [2.05, 4.69) is 0 Å². The van der Waals surface area contributed by atoms with Gasteiger partial charge in [-0.3, -0.25) is 14.5 Å². The number of ketones is 1. The van der Waals surface area contributed by atoms with Crippen molar-refractivity contribution in [1.82, 2.24) is 9.21 Å². The molecule has 7 nitrogen and oxygen atoms in total. The second-order valence-corrected chi connectivity index (χ2v) is 11.3. The Balaban J connectivity index is 1.61. The first-order chi connectivity index (χ1) is 17.7. The molecule has 0 bridgehead atoms. The van der Waals surface area contributed by atoms with Crippen LogP contribution in [0.5, 0.6) is 0 Å². The van der Waals surface area contributed by atoms with E-state index in [1.807, 2.05) is 0 Å². The SMILES string of the molecule is CC(=O)c1ccc2c(c1)C(=O)N(Cc1ccc(Cl)cc1S(=O)N1CCOCC1)C2(O)c1ccc(Cl)cc1. The second kappa shape index (κ2) is 10.3. The van der Waals surface area contributed by atoms with Gasteiger partial charge in [0, 0.05) is 45.4 Å². The van der Waals surface area contributed by atoms with E-state index < -0.39 is 22.6 Å². The minimum absolute atomic E-state index is 0.0510. The number of halogens is 2. The molecule has 2 heterocycles. The lowest BCUT2D eigenvalue weighted by Crippen LogP contribution is -2.44. The summed E-state index contributed by atoms with van der Waals surface area (Å²) in [5, 5.41) is 13.1. The summed E-state index contributed by atoms with van der Waals surface area (Å²) in [6, 6.07) is 16.3. The number of carbonyl (C=O) groups excluding carboxylic acids is 2. The van der Waals surface area contributed by atoms with Gasteiger partial charge in [0.15, 0.2) is 11.5 Å². The molecule has 5 rings (SSSR count). The number of fused-ring (bicyclic) bond motifs is 1. The lowest BCUT2D eigenvalue weighted by Gasteiger charge is -2.35. The van der Waals surface area contributed by atoms with Crippen LogP contribution in [0.1, 0.15) is 44.3 Å². The molecule has 2 unspecified atom stereocenters. The van der Waals surface area contributed by atoms with Gasteiger partial charge in [-0.25, -0.2) is 8.51 Å². The van der Waals surface area contributed by atoms with Crippen LogP contribution in [0.15, 0.2) is 65.6 Å². The molecule has 37 heavy (non-hydrogen) atoms. The Kier molecular flexibility index (Phi) is 7.24. The van der Waals surface area contributed by atoms with Gasteiger partial charge in [0.25, 0.3) is 5.91 Å². The first-order valence-corrected chi connectivity index (χ1v) is 13.6. The fourth-order valence-electron chi connectivity index (χ4n) is 4.71. The smallest absolute Gasteiger partial charge is 0.257 e. The molecule has 0 aromatic heterocycles. The van der Waals surface area contributed by atoms with Gasteiger partial charge in [0.1, 0.15) is 11.0 Å². The molecule has 0 spiro atoms. The summed E-state index contributed by atoms with van der Waals surface area (Å²) in [6.45, 7) is 3.30. The summed E-state index contributed by atoms with van der Waals surface area (Å²) < 4.78 is 20.7. The number of Topliss-reactive ketones (excluding diaryl/α,β-unsaturated/α-hetero) is 1. The minimum atomic E-state index is -1.84. The fraction of sp³-hybridized carbons (Fsp3) is 0.259. The van der Waals surface area contributed by atoms with Crippen molar-refractivity contribution in [3.63, 3.8) is 0 Å². The van der Waals surface area contributed by atoms with Crippen LogP contribution in [0, 0.1) is 0 Å². The molecule has 1 saturated heterocycles. The van der Waals surface area contributed by atoms with Crippen molar-refractivity contribution in [1.29, 1.82) is 0 Å². The Bertz CT molecular complexity index is 1410. The van der Waals surface area contributed by atoms with E-state index >= 15 is 0 Å². The number of carbonyl (C=O) groups is 2. The average Bonchev–Trinajstić information content (AvgIpc) is 3.12. The molecule has 192 valence electrons. The van der Waals surface area contributed by atoms with Gasteiger partial charge in [-0.1, -0.05) is 53.5 Å². The maximum atomic E-state index is 13.8. The van der Waals surface area contributed by atoms with Gasteiger partial charge < -0.3 is 9.84 Å². The first-order valence-electron chi connectivity index (χ1n) is 11.7. The average molecular weight is 559 g/mol. The van der Waals surface area contributed by atoms with Gasteiger partial charge in [0.2, 0.25) is 0 Å². The Morgan fingerprint density at radius 2 is 1.70 bits per heavy atom. The van der Waals surface area contributed by atoms with Crippen molar-refractivity contribution in [2.45, 2.75) is 24.1 Å². The third-order valence-electron chi connectivity index (χ3n) is 6.66. The van der Waals surface area contributed by atoms with Gasteiger partial charge in [0.05, 0.1) is 24.7 Å². The first kappa shape index (κ1) is 26.0. The Morgan fingerprint density at radius 3 is 2.38 bits per heavy atom. The van der Waals surface area contributed by atoms with E-state index in [0.29, 0.717) is 63.5 Å². The Hall–Kier alpha value is -2.59. The number of rotatable bonds is 6. The van der Waals surface area contributed by atoms with Gasteiger partial charge in [-0.15, -0.1) is 0 Å². The normalized spacial score (nSPS) is 20.6. The van der Waals surface area contributed by atoms with Crippen LogP contribution in [-0.4, -0.2) is 56.5 Å². The Morgan fingerprint density at radius 1 is 1.03 bits per heavy atom. The van der Waals surface area contributed by atoms with Crippen molar-refractivity contribution in [3.8, 4) is 0 Å². The zero-order valence-corrected chi connectivity index (χ0v) is 22.3. The number of morpholine rings is 1. The van der Waals surface area contributed by atoms with Gasteiger partial charge >= 0.3 is 0 Å². The highest BCUT2D eigenvalue weighted by Gasteiger charge is 2.50. The summed E-state index contributed by atoms with van der Waals surface area (Å²) in [5.41, 5.74) is 0.125. The second-order valence-electron chi connectivity index (χ2n) is 8.93. The molecule has 1 N–H and O–H groups in total. The highest BCUT2D eigenvalue weighted by Crippen LogP contribution is 2.44. The zero-order chi connectivity index (χ0) is 26.3. The van der Waals surface area contributed by atoms with Crippen LogP contribution in [0.4, 0.5) is 0 Å². The summed E-state index contributed by atoms with van der Waals surface area (Å²) in [7, 11) is -1.55. The summed E-state index contributed by atoms with van der Waals surface area (Å²) in [4.78, 5) is 27.6. The molecule has 3 aromatic rings. The molecule has 3 aromatic carbocycles. The molecule has 1 amide bonds. The van der Waals surface area contributed by atoms with E-state index in [1.54, 1.807) is 58.9 Å². The molecule has 2 aliphatic rings. The number of ether oxygens (including phenoxy) is 1. The molecular weight excluding hydrogens is 535 g/mol. The highest BCUT2D eigenvalue weighted by atomic mass is 35.5. The monoisotopic (exact) mass is 558 g/mol. The number of aliphatic hydroxyl groups is 1. The van der Waals surface area contributed by atoms with Crippen LogP contribution >= 0.6 is 23.2 Å². The molecule has 0 radical (unpaired) electrons. The van der Waals surface area contributed by atoms with Crippen molar-refractivity contribution in [2.75, 3.05) is 26.3 Å². The third kappa shape index (κ3) is 4.74. The summed E-state index contributed by atoms with van der Waals surface area (Å²) in [5.74, 6) is -0.640. The predicted molar refractivity (Wildman–Crippen MR) is 141 cm³/mol. The quantitative estimate of drug-likeness (QED) is 0.453. The number of nitrogens with zero attached hydrogens (tertiary/aromatic N) is 2. The topological polar surface area (TPSA) is 87.2 Å². The van der Waals surface area contributed by atoms with Crippen LogP contribution in [0.3, 0.4) is 0 Å². The van der Waals surface area contributed by atoms with Crippen molar-refractivity contribution in [2.24, 2.45) is 0 Å². The van der Waals surface area contributed by atoms with E-state index in [0.717, 1.165) is 0 Å². The zero-order valence-electron chi connectivity index (χ0n) is 19.9. The number of benzene rings is 3. The lowest BCUT2D eigenvalue weighted by molar-refractivity contribution is -0.0546.